The molecule has 94 valence electrons. The second-order valence-electron chi connectivity index (χ2n) is 4.42. The average molecular weight is 236 g/mol. The molecule has 17 heavy (non-hydrogen) atoms. The number of carbonyl (C=O) groups excluding carboxylic acids is 1. The van der Waals surface area contributed by atoms with Crippen molar-refractivity contribution in [2.75, 3.05) is 17.7 Å². The quantitative estimate of drug-likeness (QED) is 0.609. The van der Waals surface area contributed by atoms with Crippen LogP contribution in [0.1, 0.15) is 26.7 Å². The number of carbonyl (C=O) groups is 1. The highest BCUT2D eigenvalue weighted by atomic mass is 16.5. The molecule has 0 spiro atoms. The first-order valence-electron chi connectivity index (χ1n) is 5.87. The van der Waals surface area contributed by atoms with Crippen LogP contribution in [0.2, 0.25) is 0 Å². The van der Waals surface area contributed by atoms with E-state index < -0.39 is 6.09 Å². The zero-order valence-corrected chi connectivity index (χ0v) is 10.4. The fourth-order valence-corrected chi connectivity index (χ4v) is 1.43. The highest BCUT2D eigenvalue weighted by molar-refractivity contribution is 5.85. The second-order valence-corrected chi connectivity index (χ2v) is 4.42. The number of anilines is 2. The molecule has 0 unspecified atom stereocenters. The fraction of sp³-hybridized carbons (Fsp3) is 0.462. The van der Waals surface area contributed by atoms with Gasteiger partial charge in [-0.05, 0) is 37.0 Å². The van der Waals surface area contributed by atoms with Crippen molar-refractivity contribution in [2.24, 2.45) is 5.92 Å². The maximum atomic E-state index is 11.4. The minimum absolute atomic E-state index is 0.431. The summed E-state index contributed by atoms with van der Waals surface area (Å²) in [5.41, 5.74) is 6.86. The van der Waals surface area contributed by atoms with Gasteiger partial charge in [0.2, 0.25) is 0 Å². The number of nitrogens with one attached hydrogen (secondary N) is 1. The molecule has 0 aliphatic rings. The molecule has 0 atom stereocenters. The monoisotopic (exact) mass is 236 g/mol. The van der Waals surface area contributed by atoms with E-state index in [1.807, 2.05) is 0 Å². The molecule has 1 rings (SSSR count). The number of hydrogen-bond acceptors (Lipinski definition) is 3. The zero-order chi connectivity index (χ0) is 12.7. The lowest BCUT2D eigenvalue weighted by Crippen LogP contribution is -2.14. The molecule has 3 N–H and O–H groups in total. The van der Waals surface area contributed by atoms with Gasteiger partial charge in [-0.3, -0.25) is 5.32 Å². The number of benzene rings is 1. The first-order valence-corrected chi connectivity index (χ1v) is 5.87. The van der Waals surface area contributed by atoms with Crippen molar-refractivity contribution in [1.82, 2.24) is 0 Å². The van der Waals surface area contributed by atoms with Crippen LogP contribution in [0.25, 0.3) is 0 Å². The summed E-state index contributed by atoms with van der Waals surface area (Å²) in [5, 5.41) is 2.63. The Labute approximate surface area is 102 Å². The van der Waals surface area contributed by atoms with E-state index in [-0.39, 0.29) is 0 Å². The summed E-state index contributed by atoms with van der Waals surface area (Å²) in [6.07, 6.45) is 1.52. The smallest absolute Gasteiger partial charge is 0.411 e. The van der Waals surface area contributed by atoms with E-state index >= 15 is 0 Å². The van der Waals surface area contributed by atoms with Gasteiger partial charge in [0.15, 0.2) is 0 Å². The Bertz CT molecular complexity index is 364. The number of hydrogen-bond donors (Lipinski definition) is 2. The Morgan fingerprint density at radius 2 is 2.24 bits per heavy atom. The largest absolute Gasteiger partial charge is 0.449 e. The molecule has 0 heterocycles. The van der Waals surface area contributed by atoms with Crippen LogP contribution in [-0.2, 0) is 4.74 Å². The molecule has 1 aromatic carbocycles. The Morgan fingerprint density at radius 1 is 1.47 bits per heavy atom. The van der Waals surface area contributed by atoms with E-state index in [0.717, 1.165) is 12.8 Å². The molecule has 0 fully saturated rings. The van der Waals surface area contributed by atoms with E-state index in [1.54, 1.807) is 24.3 Å². The van der Waals surface area contributed by atoms with Crippen LogP contribution >= 0.6 is 0 Å². The zero-order valence-electron chi connectivity index (χ0n) is 10.4. The highest BCUT2D eigenvalue weighted by Gasteiger charge is 2.03. The van der Waals surface area contributed by atoms with Gasteiger partial charge in [0.25, 0.3) is 0 Å². The van der Waals surface area contributed by atoms with Crippen LogP contribution < -0.4 is 11.1 Å². The number of nitrogens with two attached hydrogens (primary N) is 1. The van der Waals surface area contributed by atoms with Gasteiger partial charge in [0.1, 0.15) is 0 Å². The van der Waals surface area contributed by atoms with Gasteiger partial charge in [-0.15, -0.1) is 0 Å². The van der Waals surface area contributed by atoms with E-state index in [2.05, 4.69) is 19.2 Å². The molecule has 0 aromatic heterocycles. The van der Waals surface area contributed by atoms with Crippen molar-refractivity contribution >= 4 is 17.5 Å². The van der Waals surface area contributed by atoms with Crippen LogP contribution in [0.3, 0.4) is 0 Å². The number of nitrogen functional groups attached to an aromatic ring is 1. The third-order valence-electron chi connectivity index (χ3n) is 2.29. The predicted molar refractivity (Wildman–Crippen MR) is 69.9 cm³/mol. The number of rotatable bonds is 5. The van der Waals surface area contributed by atoms with E-state index in [9.17, 15) is 4.79 Å². The maximum absolute atomic E-state index is 11.4. The molecular formula is C13H20N2O2. The minimum atomic E-state index is -0.431. The van der Waals surface area contributed by atoms with Crippen molar-refractivity contribution in [2.45, 2.75) is 26.7 Å². The summed E-state index contributed by atoms with van der Waals surface area (Å²) in [5.74, 6) is 0.635. The van der Waals surface area contributed by atoms with Crippen molar-refractivity contribution in [1.29, 1.82) is 0 Å². The summed E-state index contributed by atoms with van der Waals surface area (Å²) < 4.78 is 5.05. The van der Waals surface area contributed by atoms with Crippen LogP contribution in [0.15, 0.2) is 24.3 Å². The summed E-state index contributed by atoms with van der Waals surface area (Å²) >= 11 is 0. The van der Waals surface area contributed by atoms with E-state index in [0.29, 0.717) is 23.9 Å². The topological polar surface area (TPSA) is 64.3 Å². The lowest BCUT2D eigenvalue weighted by Gasteiger charge is -2.08. The molecule has 1 amide bonds. The number of amides is 1. The molecule has 1 aromatic rings. The SMILES string of the molecule is CC(C)CCCOC(=O)Nc1cccc(N)c1. The van der Waals surface area contributed by atoms with Crippen molar-refractivity contribution in [3.05, 3.63) is 24.3 Å². The van der Waals surface area contributed by atoms with Gasteiger partial charge in [-0.1, -0.05) is 19.9 Å². The maximum Gasteiger partial charge on any atom is 0.411 e. The van der Waals surface area contributed by atoms with Crippen molar-refractivity contribution in [3.8, 4) is 0 Å². The van der Waals surface area contributed by atoms with E-state index in [1.165, 1.54) is 0 Å². The Balaban J connectivity index is 2.25. The summed E-state index contributed by atoms with van der Waals surface area (Å²) in [7, 11) is 0. The molecule has 0 bridgehead atoms. The van der Waals surface area contributed by atoms with Gasteiger partial charge < -0.3 is 10.5 Å². The van der Waals surface area contributed by atoms with Crippen molar-refractivity contribution < 1.29 is 9.53 Å². The molecule has 4 nitrogen and oxygen atoms in total. The lowest BCUT2D eigenvalue weighted by atomic mass is 10.1. The van der Waals surface area contributed by atoms with Crippen LogP contribution in [0, 0.1) is 5.92 Å². The summed E-state index contributed by atoms with van der Waals surface area (Å²) in [6.45, 7) is 4.74. The molecular weight excluding hydrogens is 216 g/mol. The normalized spacial score (nSPS) is 10.3. The molecule has 4 heteroatoms. The van der Waals surface area contributed by atoms with Crippen LogP contribution in [0.4, 0.5) is 16.2 Å². The van der Waals surface area contributed by atoms with E-state index in [4.69, 9.17) is 10.5 Å². The molecule has 0 aliphatic carbocycles. The first-order chi connectivity index (χ1) is 8.08. The summed E-state index contributed by atoms with van der Waals surface area (Å²) in [4.78, 5) is 11.4. The average Bonchev–Trinajstić information content (AvgIpc) is 2.24. The third-order valence-corrected chi connectivity index (χ3v) is 2.29. The highest BCUT2D eigenvalue weighted by Crippen LogP contribution is 2.12. The standard InChI is InChI=1S/C13H20N2O2/c1-10(2)5-4-8-17-13(16)15-12-7-3-6-11(14)9-12/h3,6-7,9-10H,4-5,8,14H2,1-2H3,(H,15,16). The fourth-order valence-electron chi connectivity index (χ4n) is 1.43. The molecule has 0 saturated carbocycles. The predicted octanol–water partition coefficient (Wildman–Crippen LogP) is 3.25. The Kier molecular flexibility index (Phi) is 5.33. The van der Waals surface area contributed by atoms with Gasteiger partial charge in [-0.25, -0.2) is 4.79 Å². The molecule has 0 aliphatic heterocycles. The lowest BCUT2D eigenvalue weighted by molar-refractivity contribution is 0.158. The van der Waals surface area contributed by atoms with Gasteiger partial charge >= 0.3 is 6.09 Å². The number of ether oxygens (including phenoxy) is 1. The van der Waals surface area contributed by atoms with Crippen LogP contribution in [0.5, 0.6) is 0 Å². The Hall–Kier alpha value is -1.71. The summed E-state index contributed by atoms with van der Waals surface area (Å²) in [6, 6.07) is 7.00. The third kappa shape index (κ3) is 5.80. The Morgan fingerprint density at radius 3 is 2.88 bits per heavy atom. The first kappa shape index (κ1) is 13.4. The van der Waals surface area contributed by atoms with Crippen molar-refractivity contribution in [3.63, 3.8) is 0 Å². The van der Waals surface area contributed by atoms with Gasteiger partial charge in [-0.2, -0.15) is 0 Å². The van der Waals surface area contributed by atoms with Crippen LogP contribution in [-0.4, -0.2) is 12.7 Å². The van der Waals surface area contributed by atoms with Gasteiger partial charge in [0, 0.05) is 11.4 Å². The second kappa shape index (κ2) is 6.78. The molecule has 0 radical (unpaired) electrons. The molecule has 0 saturated heterocycles. The minimum Gasteiger partial charge on any atom is -0.449 e. The van der Waals surface area contributed by atoms with Gasteiger partial charge in [0.05, 0.1) is 6.61 Å².